The summed E-state index contributed by atoms with van der Waals surface area (Å²) in [5, 5.41) is 14.1. The van der Waals surface area contributed by atoms with Crippen LogP contribution in [0.2, 0.25) is 0 Å². The number of hydrogen-bond acceptors (Lipinski definition) is 4. The van der Waals surface area contributed by atoms with Gasteiger partial charge in [-0.15, -0.1) is 0 Å². The van der Waals surface area contributed by atoms with E-state index < -0.39 is 0 Å². The molecular weight excluding hydrogens is 292 g/mol. The quantitative estimate of drug-likeness (QED) is 0.885. The Labute approximate surface area is 135 Å². The van der Waals surface area contributed by atoms with Crippen molar-refractivity contribution in [1.82, 2.24) is 10.3 Å². The second kappa shape index (κ2) is 7.80. The molecule has 1 heterocycles. The number of aromatic nitrogens is 1. The molecule has 2 amide bonds. The smallest absolute Gasteiger partial charge is 0.319 e. The van der Waals surface area contributed by atoms with Crippen molar-refractivity contribution in [3.8, 4) is 17.6 Å². The molecule has 0 spiro atoms. The molecule has 23 heavy (non-hydrogen) atoms. The Hall–Kier alpha value is -3.07. The molecule has 1 aromatic heterocycles. The van der Waals surface area contributed by atoms with Crippen LogP contribution in [0, 0.1) is 24.2 Å². The number of anilines is 1. The third-order valence-corrected chi connectivity index (χ3v) is 3.08. The molecule has 1 aromatic carbocycles. The molecule has 0 aliphatic rings. The monoisotopic (exact) mass is 310 g/mol. The van der Waals surface area contributed by atoms with Gasteiger partial charge in [0, 0.05) is 18.4 Å². The van der Waals surface area contributed by atoms with Gasteiger partial charge in [-0.3, -0.25) is 4.98 Å². The van der Waals surface area contributed by atoms with Crippen LogP contribution in [0.4, 0.5) is 10.5 Å². The van der Waals surface area contributed by atoms with E-state index in [0.717, 1.165) is 5.56 Å². The lowest BCUT2D eigenvalue weighted by Gasteiger charge is -2.12. The standard InChI is InChI=1S/C17H18N4O2/c1-12(9-18)10-20-17(22)21-14-5-6-16(13(2)8-14)23-15-4-3-7-19-11-15/h3-8,11-12H,10H2,1-2H3,(H2,20,21,22)/t12-/m1/s1. The predicted molar refractivity (Wildman–Crippen MR) is 87.3 cm³/mol. The zero-order valence-corrected chi connectivity index (χ0v) is 13.0. The van der Waals surface area contributed by atoms with Crippen molar-refractivity contribution in [1.29, 1.82) is 5.26 Å². The van der Waals surface area contributed by atoms with Crippen molar-refractivity contribution in [2.45, 2.75) is 13.8 Å². The minimum absolute atomic E-state index is 0.224. The highest BCUT2D eigenvalue weighted by atomic mass is 16.5. The molecule has 0 unspecified atom stereocenters. The van der Waals surface area contributed by atoms with Crippen LogP contribution in [0.3, 0.4) is 0 Å². The maximum absolute atomic E-state index is 11.7. The summed E-state index contributed by atoms with van der Waals surface area (Å²) in [5.74, 6) is 1.12. The number of nitrogens with zero attached hydrogens (tertiary/aromatic N) is 2. The number of ether oxygens (including phenoxy) is 1. The summed E-state index contributed by atoms with van der Waals surface area (Å²) in [5.41, 5.74) is 1.54. The number of rotatable bonds is 5. The summed E-state index contributed by atoms with van der Waals surface area (Å²) in [6.07, 6.45) is 3.31. The zero-order valence-electron chi connectivity index (χ0n) is 13.0. The van der Waals surface area contributed by atoms with Crippen molar-refractivity contribution in [2.75, 3.05) is 11.9 Å². The van der Waals surface area contributed by atoms with Gasteiger partial charge in [-0.1, -0.05) is 0 Å². The number of nitrogens with one attached hydrogen (secondary N) is 2. The molecule has 0 aliphatic heterocycles. The van der Waals surface area contributed by atoms with E-state index in [1.54, 1.807) is 37.5 Å². The topological polar surface area (TPSA) is 87.0 Å². The molecule has 2 rings (SSSR count). The first-order valence-electron chi connectivity index (χ1n) is 7.21. The predicted octanol–water partition coefficient (Wildman–Crippen LogP) is 3.46. The van der Waals surface area contributed by atoms with Gasteiger partial charge in [0.25, 0.3) is 0 Å². The van der Waals surface area contributed by atoms with Gasteiger partial charge in [-0.2, -0.15) is 5.26 Å². The van der Waals surface area contributed by atoms with Crippen LogP contribution in [-0.2, 0) is 0 Å². The number of hydrogen-bond donors (Lipinski definition) is 2. The fraction of sp³-hybridized carbons (Fsp3) is 0.235. The van der Waals surface area contributed by atoms with E-state index >= 15 is 0 Å². The SMILES string of the molecule is Cc1cc(NC(=O)NC[C@H](C)C#N)ccc1Oc1cccnc1. The van der Waals surface area contributed by atoms with Crippen LogP contribution < -0.4 is 15.4 Å². The van der Waals surface area contributed by atoms with E-state index in [1.165, 1.54) is 0 Å². The van der Waals surface area contributed by atoms with Crippen molar-refractivity contribution in [3.63, 3.8) is 0 Å². The first-order valence-corrected chi connectivity index (χ1v) is 7.21. The maximum Gasteiger partial charge on any atom is 0.319 e. The minimum atomic E-state index is -0.340. The van der Waals surface area contributed by atoms with Gasteiger partial charge >= 0.3 is 6.03 Å². The lowest BCUT2D eigenvalue weighted by Crippen LogP contribution is -2.32. The van der Waals surface area contributed by atoms with Crippen LogP contribution in [0.15, 0.2) is 42.7 Å². The van der Waals surface area contributed by atoms with Gasteiger partial charge in [0.2, 0.25) is 0 Å². The molecule has 0 saturated carbocycles. The van der Waals surface area contributed by atoms with Gasteiger partial charge in [-0.05, 0) is 49.7 Å². The lowest BCUT2D eigenvalue weighted by atomic mass is 10.2. The molecule has 6 nitrogen and oxygen atoms in total. The van der Waals surface area contributed by atoms with Crippen molar-refractivity contribution in [3.05, 3.63) is 48.3 Å². The molecule has 0 fully saturated rings. The Morgan fingerprint density at radius 2 is 2.26 bits per heavy atom. The molecular formula is C17H18N4O2. The second-order valence-electron chi connectivity index (χ2n) is 5.14. The van der Waals surface area contributed by atoms with E-state index in [4.69, 9.17) is 10.00 Å². The molecule has 2 aromatic rings. The summed E-state index contributed by atoms with van der Waals surface area (Å²) >= 11 is 0. The molecule has 0 aliphatic carbocycles. The average Bonchev–Trinajstić information content (AvgIpc) is 2.56. The van der Waals surface area contributed by atoms with Crippen LogP contribution in [0.25, 0.3) is 0 Å². The number of aryl methyl sites for hydroxylation is 1. The van der Waals surface area contributed by atoms with Crippen LogP contribution in [0.5, 0.6) is 11.5 Å². The number of amides is 2. The zero-order chi connectivity index (χ0) is 16.7. The van der Waals surface area contributed by atoms with E-state index in [-0.39, 0.29) is 11.9 Å². The molecule has 0 radical (unpaired) electrons. The Morgan fingerprint density at radius 1 is 1.43 bits per heavy atom. The van der Waals surface area contributed by atoms with Crippen molar-refractivity contribution < 1.29 is 9.53 Å². The van der Waals surface area contributed by atoms with Gasteiger partial charge < -0.3 is 15.4 Å². The van der Waals surface area contributed by atoms with E-state index in [9.17, 15) is 4.79 Å². The number of urea groups is 1. The molecule has 1 atom stereocenters. The average molecular weight is 310 g/mol. The summed E-state index contributed by atoms with van der Waals surface area (Å²) in [4.78, 5) is 15.7. The van der Waals surface area contributed by atoms with E-state index in [2.05, 4.69) is 21.7 Å². The number of nitriles is 1. The van der Waals surface area contributed by atoms with Gasteiger partial charge in [0.05, 0.1) is 18.2 Å². The minimum Gasteiger partial charge on any atom is -0.455 e. The summed E-state index contributed by atoms with van der Waals surface area (Å²) in [7, 11) is 0. The van der Waals surface area contributed by atoms with Crippen LogP contribution in [0.1, 0.15) is 12.5 Å². The Morgan fingerprint density at radius 3 is 2.91 bits per heavy atom. The highest BCUT2D eigenvalue weighted by molar-refractivity contribution is 5.89. The molecule has 6 heteroatoms. The summed E-state index contributed by atoms with van der Waals surface area (Å²) in [6, 6.07) is 10.7. The van der Waals surface area contributed by atoms with Gasteiger partial charge in [0.1, 0.15) is 11.5 Å². The van der Waals surface area contributed by atoms with Crippen molar-refractivity contribution >= 4 is 11.7 Å². The normalized spacial score (nSPS) is 11.2. The first-order chi connectivity index (χ1) is 11.1. The molecule has 0 bridgehead atoms. The van der Waals surface area contributed by atoms with E-state index in [1.807, 2.05) is 19.1 Å². The fourth-order valence-corrected chi connectivity index (χ4v) is 1.84. The Balaban J connectivity index is 1.96. The summed E-state index contributed by atoms with van der Waals surface area (Å²) < 4.78 is 5.74. The Bertz CT molecular complexity index is 710. The number of benzene rings is 1. The van der Waals surface area contributed by atoms with Crippen LogP contribution >= 0.6 is 0 Å². The third kappa shape index (κ3) is 5.00. The lowest BCUT2D eigenvalue weighted by molar-refractivity contribution is 0.251. The van der Waals surface area contributed by atoms with E-state index in [0.29, 0.717) is 23.7 Å². The Kier molecular flexibility index (Phi) is 5.53. The van der Waals surface area contributed by atoms with Crippen LogP contribution in [-0.4, -0.2) is 17.6 Å². The first kappa shape index (κ1) is 16.3. The van der Waals surface area contributed by atoms with Crippen molar-refractivity contribution in [2.24, 2.45) is 5.92 Å². The number of pyridine rings is 1. The highest BCUT2D eigenvalue weighted by Gasteiger charge is 2.07. The molecule has 118 valence electrons. The number of carbonyl (C=O) groups is 1. The maximum atomic E-state index is 11.7. The fourth-order valence-electron chi connectivity index (χ4n) is 1.84. The largest absolute Gasteiger partial charge is 0.455 e. The highest BCUT2D eigenvalue weighted by Crippen LogP contribution is 2.26. The third-order valence-electron chi connectivity index (χ3n) is 3.08. The van der Waals surface area contributed by atoms with Gasteiger partial charge in [-0.25, -0.2) is 4.79 Å². The van der Waals surface area contributed by atoms with Gasteiger partial charge in [0.15, 0.2) is 0 Å². The number of carbonyl (C=O) groups excluding carboxylic acids is 1. The second-order valence-corrected chi connectivity index (χ2v) is 5.14. The molecule has 0 saturated heterocycles. The molecule has 2 N–H and O–H groups in total. The summed E-state index contributed by atoms with van der Waals surface area (Å²) in [6.45, 7) is 3.95.